The molecule has 0 aliphatic carbocycles. The van der Waals surface area contributed by atoms with E-state index in [1.54, 1.807) is 12.1 Å². The summed E-state index contributed by atoms with van der Waals surface area (Å²) in [6, 6.07) is 9.39. The van der Waals surface area contributed by atoms with Crippen LogP contribution < -0.4 is 20.1 Å². The summed E-state index contributed by atoms with van der Waals surface area (Å²) in [5.74, 6) is 0.905. The molecule has 0 aromatic heterocycles. The molecule has 0 bridgehead atoms. The molecule has 2 N–H and O–H groups in total. The zero-order chi connectivity index (χ0) is 17.6. The van der Waals surface area contributed by atoms with Gasteiger partial charge in [-0.3, -0.25) is 0 Å². The van der Waals surface area contributed by atoms with E-state index in [4.69, 9.17) is 21.1 Å². The van der Waals surface area contributed by atoms with Crippen molar-refractivity contribution in [2.24, 2.45) is 0 Å². The first kappa shape index (κ1) is 17.4. The zero-order valence-electron chi connectivity index (χ0n) is 13.5. The minimum absolute atomic E-state index is 0.284. The molecule has 25 heavy (non-hydrogen) atoms. The second-order valence-corrected chi connectivity index (χ2v) is 5.99. The van der Waals surface area contributed by atoms with Gasteiger partial charge in [0.15, 0.2) is 11.5 Å². The average Bonchev–Trinajstić information content (AvgIpc) is 2.61. The van der Waals surface area contributed by atoms with Crippen LogP contribution in [0.15, 0.2) is 36.4 Å². The molecule has 1 aliphatic heterocycles. The van der Waals surface area contributed by atoms with Gasteiger partial charge in [-0.15, -0.1) is 0 Å². The van der Waals surface area contributed by atoms with Crippen LogP contribution in [0.5, 0.6) is 11.5 Å². The maximum atomic E-state index is 12.8. The first-order valence-corrected chi connectivity index (χ1v) is 8.34. The Morgan fingerprint density at radius 1 is 1.08 bits per heavy atom. The molecule has 0 unspecified atom stereocenters. The zero-order valence-corrected chi connectivity index (χ0v) is 14.2. The molecule has 0 spiro atoms. The standard InChI is InChI=1S/C18H18ClFN2O3/c19-15-9-13(10-16-17(15)25-8-7-24-16)5-6-21-18(23)22-11-12-1-3-14(20)4-2-12/h1-4,9-10H,5-8,11H2,(H2,21,22,23). The number of halogens is 2. The van der Waals surface area contributed by atoms with E-state index >= 15 is 0 Å². The van der Waals surface area contributed by atoms with E-state index in [-0.39, 0.29) is 11.8 Å². The average molecular weight is 365 g/mol. The Morgan fingerprint density at radius 3 is 2.64 bits per heavy atom. The van der Waals surface area contributed by atoms with Crippen LogP contribution in [0.25, 0.3) is 0 Å². The van der Waals surface area contributed by atoms with E-state index in [0.717, 1.165) is 11.1 Å². The lowest BCUT2D eigenvalue weighted by Crippen LogP contribution is -2.36. The van der Waals surface area contributed by atoms with Crippen LogP contribution in [0.2, 0.25) is 5.02 Å². The number of nitrogens with one attached hydrogen (secondary N) is 2. The molecule has 1 aliphatic rings. The number of carbonyl (C=O) groups excluding carboxylic acids is 1. The van der Waals surface area contributed by atoms with Crippen molar-refractivity contribution >= 4 is 17.6 Å². The van der Waals surface area contributed by atoms with Gasteiger partial charge in [0.1, 0.15) is 19.0 Å². The maximum absolute atomic E-state index is 12.8. The molecule has 0 saturated carbocycles. The van der Waals surface area contributed by atoms with Crippen molar-refractivity contribution in [1.29, 1.82) is 0 Å². The van der Waals surface area contributed by atoms with Crippen LogP contribution in [0.4, 0.5) is 9.18 Å². The Morgan fingerprint density at radius 2 is 1.84 bits per heavy atom. The van der Waals surface area contributed by atoms with Gasteiger partial charge in [0.25, 0.3) is 0 Å². The highest BCUT2D eigenvalue weighted by molar-refractivity contribution is 6.32. The van der Waals surface area contributed by atoms with Gasteiger partial charge >= 0.3 is 6.03 Å². The number of ether oxygens (including phenoxy) is 2. The quantitative estimate of drug-likeness (QED) is 0.855. The third-order valence-corrected chi connectivity index (χ3v) is 4.00. The summed E-state index contributed by atoms with van der Waals surface area (Å²) in [6.45, 7) is 1.77. The number of hydrogen-bond donors (Lipinski definition) is 2. The molecule has 7 heteroatoms. The number of amides is 2. The molecule has 0 saturated heterocycles. The molecule has 132 valence electrons. The minimum atomic E-state index is -0.300. The largest absolute Gasteiger partial charge is 0.486 e. The summed E-state index contributed by atoms with van der Waals surface area (Å²) in [7, 11) is 0. The normalized spacial score (nSPS) is 12.6. The molecular weight excluding hydrogens is 347 g/mol. The van der Waals surface area contributed by atoms with Gasteiger partial charge in [0.2, 0.25) is 0 Å². The summed E-state index contributed by atoms with van der Waals surface area (Å²) in [4.78, 5) is 11.8. The number of fused-ring (bicyclic) bond motifs is 1. The fourth-order valence-electron chi connectivity index (χ4n) is 2.48. The number of benzene rings is 2. The highest BCUT2D eigenvalue weighted by atomic mass is 35.5. The number of carbonyl (C=O) groups is 1. The Kier molecular flexibility index (Phi) is 5.60. The fraction of sp³-hybridized carbons (Fsp3) is 0.278. The smallest absolute Gasteiger partial charge is 0.315 e. The van der Waals surface area contributed by atoms with E-state index in [9.17, 15) is 9.18 Å². The SMILES string of the molecule is O=C(NCCc1cc(Cl)c2c(c1)OCCO2)NCc1ccc(F)cc1. The predicted molar refractivity (Wildman–Crippen MR) is 92.8 cm³/mol. The third kappa shape index (κ3) is 4.76. The van der Waals surface area contributed by atoms with Gasteiger partial charge in [-0.05, 0) is 41.8 Å². The van der Waals surface area contributed by atoms with E-state index in [1.807, 2.05) is 12.1 Å². The van der Waals surface area contributed by atoms with E-state index < -0.39 is 0 Å². The highest BCUT2D eigenvalue weighted by Crippen LogP contribution is 2.38. The van der Waals surface area contributed by atoms with Gasteiger partial charge in [-0.2, -0.15) is 0 Å². The minimum Gasteiger partial charge on any atom is -0.486 e. The van der Waals surface area contributed by atoms with Gasteiger partial charge in [-0.1, -0.05) is 23.7 Å². The van der Waals surface area contributed by atoms with Crippen molar-refractivity contribution in [3.8, 4) is 11.5 Å². The van der Waals surface area contributed by atoms with E-state index in [0.29, 0.717) is 49.2 Å². The molecule has 2 aromatic carbocycles. The Labute approximate surface area is 150 Å². The monoisotopic (exact) mass is 364 g/mol. The summed E-state index contributed by atoms with van der Waals surface area (Å²) >= 11 is 6.19. The first-order valence-electron chi connectivity index (χ1n) is 7.96. The molecule has 2 aromatic rings. The second-order valence-electron chi connectivity index (χ2n) is 5.59. The Bertz CT molecular complexity index is 753. The lowest BCUT2D eigenvalue weighted by Gasteiger charge is -2.20. The summed E-state index contributed by atoms with van der Waals surface area (Å²) in [5.41, 5.74) is 1.78. The van der Waals surface area contributed by atoms with Crippen molar-refractivity contribution < 1.29 is 18.7 Å². The highest BCUT2D eigenvalue weighted by Gasteiger charge is 2.16. The van der Waals surface area contributed by atoms with Crippen LogP contribution in [0.1, 0.15) is 11.1 Å². The van der Waals surface area contributed by atoms with Crippen molar-refractivity contribution in [2.75, 3.05) is 19.8 Å². The van der Waals surface area contributed by atoms with Gasteiger partial charge in [0, 0.05) is 13.1 Å². The molecular formula is C18H18ClFN2O3. The van der Waals surface area contributed by atoms with E-state index in [2.05, 4.69) is 10.6 Å². The molecule has 0 fully saturated rings. The third-order valence-electron chi connectivity index (χ3n) is 3.72. The number of urea groups is 1. The van der Waals surface area contributed by atoms with Crippen LogP contribution in [0.3, 0.4) is 0 Å². The van der Waals surface area contributed by atoms with Crippen molar-refractivity contribution in [1.82, 2.24) is 10.6 Å². The Hall–Kier alpha value is -2.47. The van der Waals surface area contributed by atoms with Gasteiger partial charge in [0.05, 0.1) is 5.02 Å². The van der Waals surface area contributed by atoms with Crippen LogP contribution >= 0.6 is 11.6 Å². The van der Waals surface area contributed by atoms with Crippen LogP contribution in [-0.2, 0) is 13.0 Å². The van der Waals surface area contributed by atoms with Crippen molar-refractivity contribution in [2.45, 2.75) is 13.0 Å². The fourth-order valence-corrected chi connectivity index (χ4v) is 2.76. The first-order chi connectivity index (χ1) is 12.1. The predicted octanol–water partition coefficient (Wildman–Crippen LogP) is 3.29. The van der Waals surface area contributed by atoms with Crippen molar-refractivity contribution in [3.05, 3.63) is 58.4 Å². The molecule has 5 nitrogen and oxygen atoms in total. The van der Waals surface area contributed by atoms with Gasteiger partial charge in [-0.25, -0.2) is 9.18 Å². The Balaban J connectivity index is 1.45. The lowest BCUT2D eigenvalue weighted by molar-refractivity contribution is 0.171. The lowest BCUT2D eigenvalue weighted by atomic mass is 10.1. The van der Waals surface area contributed by atoms with Crippen molar-refractivity contribution in [3.63, 3.8) is 0 Å². The molecule has 3 rings (SSSR count). The number of hydrogen-bond acceptors (Lipinski definition) is 3. The molecule has 0 radical (unpaired) electrons. The van der Waals surface area contributed by atoms with Gasteiger partial charge < -0.3 is 20.1 Å². The summed E-state index contributed by atoms with van der Waals surface area (Å²) < 4.78 is 23.8. The number of rotatable bonds is 5. The van der Waals surface area contributed by atoms with Crippen LogP contribution in [-0.4, -0.2) is 25.8 Å². The topological polar surface area (TPSA) is 59.6 Å². The second kappa shape index (κ2) is 8.07. The van der Waals surface area contributed by atoms with E-state index in [1.165, 1.54) is 12.1 Å². The van der Waals surface area contributed by atoms with Crippen LogP contribution in [0, 0.1) is 5.82 Å². The maximum Gasteiger partial charge on any atom is 0.315 e. The molecule has 1 heterocycles. The molecule has 2 amide bonds. The molecule has 0 atom stereocenters. The summed E-state index contributed by atoms with van der Waals surface area (Å²) in [6.07, 6.45) is 0.611. The summed E-state index contributed by atoms with van der Waals surface area (Å²) in [5, 5.41) is 6.00.